The number of hydrogen-bond donors (Lipinski definition) is 2. The van der Waals surface area contributed by atoms with Crippen molar-refractivity contribution in [1.29, 1.82) is 0 Å². The third kappa shape index (κ3) is 3.23. The molecular formula is C15H19N3. The van der Waals surface area contributed by atoms with Crippen molar-refractivity contribution in [1.82, 2.24) is 4.98 Å². The van der Waals surface area contributed by atoms with Crippen molar-refractivity contribution in [2.75, 3.05) is 11.1 Å². The molecule has 0 amide bonds. The molecule has 18 heavy (non-hydrogen) atoms. The fraction of sp³-hybridized carbons (Fsp3) is 0.267. The van der Waals surface area contributed by atoms with Gasteiger partial charge in [0.15, 0.2) is 0 Å². The van der Waals surface area contributed by atoms with Crippen molar-refractivity contribution in [3.05, 3.63) is 53.7 Å². The molecule has 2 rings (SSSR count). The Balaban J connectivity index is 2.01. The summed E-state index contributed by atoms with van der Waals surface area (Å²) in [6.07, 6.45) is 2.78. The number of anilines is 2. The first kappa shape index (κ1) is 12.4. The summed E-state index contributed by atoms with van der Waals surface area (Å²) in [5, 5.41) is 3.35. The summed E-state index contributed by atoms with van der Waals surface area (Å²) in [6.45, 7) is 4.12. The molecule has 0 aliphatic heterocycles. The second-order valence-corrected chi connectivity index (χ2v) is 4.69. The van der Waals surface area contributed by atoms with Gasteiger partial charge in [-0.1, -0.05) is 30.3 Å². The number of pyridine rings is 1. The largest absolute Gasteiger partial charge is 0.396 e. The van der Waals surface area contributed by atoms with Gasteiger partial charge in [0.25, 0.3) is 0 Å². The topological polar surface area (TPSA) is 50.9 Å². The molecule has 0 saturated heterocycles. The van der Waals surface area contributed by atoms with E-state index in [4.69, 9.17) is 5.73 Å². The van der Waals surface area contributed by atoms with Crippen LogP contribution in [0, 0.1) is 6.92 Å². The van der Waals surface area contributed by atoms with E-state index < -0.39 is 0 Å². The lowest BCUT2D eigenvalue weighted by Gasteiger charge is -2.16. The van der Waals surface area contributed by atoms with Crippen molar-refractivity contribution < 1.29 is 0 Å². The second-order valence-electron chi connectivity index (χ2n) is 4.69. The molecular weight excluding hydrogens is 222 g/mol. The zero-order chi connectivity index (χ0) is 13.0. The van der Waals surface area contributed by atoms with Crippen LogP contribution in [-0.2, 0) is 6.42 Å². The van der Waals surface area contributed by atoms with E-state index in [0.29, 0.717) is 11.7 Å². The molecule has 2 aromatic rings. The number of rotatable bonds is 4. The van der Waals surface area contributed by atoms with Crippen LogP contribution in [0.25, 0.3) is 0 Å². The number of nitrogens with two attached hydrogens (primary N) is 1. The van der Waals surface area contributed by atoms with Crippen LogP contribution in [0.4, 0.5) is 11.5 Å². The van der Waals surface area contributed by atoms with Gasteiger partial charge in [-0.15, -0.1) is 0 Å². The Morgan fingerprint density at radius 1 is 1.28 bits per heavy atom. The molecule has 0 fully saturated rings. The molecule has 1 atom stereocenters. The summed E-state index contributed by atoms with van der Waals surface area (Å²) in [6, 6.07) is 12.6. The molecule has 3 N–H and O–H groups in total. The van der Waals surface area contributed by atoms with E-state index in [0.717, 1.165) is 17.8 Å². The van der Waals surface area contributed by atoms with E-state index in [9.17, 15) is 0 Å². The van der Waals surface area contributed by atoms with E-state index in [1.54, 1.807) is 0 Å². The number of aromatic nitrogens is 1. The highest BCUT2D eigenvalue weighted by Crippen LogP contribution is 2.17. The van der Waals surface area contributed by atoms with Gasteiger partial charge in [0.1, 0.15) is 5.82 Å². The summed E-state index contributed by atoms with van der Waals surface area (Å²) in [7, 11) is 0. The lowest BCUT2D eigenvalue weighted by atomic mass is 10.1. The Kier molecular flexibility index (Phi) is 3.82. The van der Waals surface area contributed by atoms with Gasteiger partial charge in [-0.2, -0.15) is 0 Å². The number of nitrogens with one attached hydrogen (secondary N) is 1. The van der Waals surface area contributed by atoms with Crippen molar-refractivity contribution in [2.24, 2.45) is 0 Å². The molecule has 1 heterocycles. The Morgan fingerprint density at radius 3 is 2.67 bits per heavy atom. The van der Waals surface area contributed by atoms with E-state index in [2.05, 4.69) is 41.5 Å². The number of aryl methyl sites for hydroxylation is 1. The van der Waals surface area contributed by atoms with Crippen LogP contribution < -0.4 is 11.1 Å². The monoisotopic (exact) mass is 241 g/mol. The minimum Gasteiger partial charge on any atom is -0.396 e. The van der Waals surface area contributed by atoms with Crippen molar-refractivity contribution in [2.45, 2.75) is 26.3 Å². The maximum atomic E-state index is 5.94. The molecule has 0 aliphatic rings. The predicted molar refractivity (Wildman–Crippen MR) is 76.6 cm³/mol. The molecule has 0 spiro atoms. The first-order valence-electron chi connectivity index (χ1n) is 6.18. The average molecular weight is 241 g/mol. The second kappa shape index (κ2) is 5.54. The third-order valence-electron chi connectivity index (χ3n) is 2.82. The van der Waals surface area contributed by atoms with Gasteiger partial charge in [0, 0.05) is 12.2 Å². The molecule has 3 heteroatoms. The van der Waals surface area contributed by atoms with E-state index in [-0.39, 0.29) is 0 Å². The third-order valence-corrected chi connectivity index (χ3v) is 2.82. The van der Waals surface area contributed by atoms with E-state index in [1.807, 2.05) is 25.3 Å². The van der Waals surface area contributed by atoms with Crippen molar-refractivity contribution in [3.8, 4) is 0 Å². The maximum absolute atomic E-state index is 5.94. The molecule has 94 valence electrons. The molecule has 0 saturated carbocycles. The SMILES string of the molecule is Cc1cnc(NC(C)Cc2ccccc2)c(N)c1. The van der Waals surface area contributed by atoms with Gasteiger partial charge in [-0.05, 0) is 37.5 Å². The van der Waals surface area contributed by atoms with Gasteiger partial charge in [-0.3, -0.25) is 0 Å². The van der Waals surface area contributed by atoms with E-state index >= 15 is 0 Å². The summed E-state index contributed by atoms with van der Waals surface area (Å²) in [4.78, 5) is 4.32. The Morgan fingerprint density at radius 2 is 2.00 bits per heavy atom. The highest BCUT2D eigenvalue weighted by Gasteiger charge is 2.06. The molecule has 1 aromatic heterocycles. The molecule has 1 unspecified atom stereocenters. The van der Waals surface area contributed by atoms with Crippen molar-refractivity contribution >= 4 is 11.5 Å². The van der Waals surface area contributed by atoms with Crippen LogP contribution in [0.15, 0.2) is 42.6 Å². The predicted octanol–water partition coefficient (Wildman–Crippen LogP) is 3.02. The fourth-order valence-electron chi connectivity index (χ4n) is 1.96. The van der Waals surface area contributed by atoms with Crippen LogP contribution in [0.3, 0.4) is 0 Å². The standard InChI is InChI=1S/C15H19N3/c1-11-8-14(16)15(17-10-11)18-12(2)9-13-6-4-3-5-7-13/h3-8,10,12H,9,16H2,1-2H3,(H,17,18). The van der Waals surface area contributed by atoms with Crippen LogP contribution in [0.5, 0.6) is 0 Å². The lowest BCUT2D eigenvalue weighted by molar-refractivity contribution is 0.785. The van der Waals surface area contributed by atoms with Crippen LogP contribution in [0.2, 0.25) is 0 Å². The Labute approximate surface area is 108 Å². The van der Waals surface area contributed by atoms with Gasteiger partial charge in [0.05, 0.1) is 5.69 Å². The first-order valence-corrected chi connectivity index (χ1v) is 6.18. The zero-order valence-electron chi connectivity index (χ0n) is 10.9. The van der Waals surface area contributed by atoms with Crippen molar-refractivity contribution in [3.63, 3.8) is 0 Å². The van der Waals surface area contributed by atoms with Crippen LogP contribution in [-0.4, -0.2) is 11.0 Å². The number of nitrogens with zero attached hydrogens (tertiary/aromatic N) is 1. The molecule has 1 aromatic carbocycles. The summed E-state index contributed by atoms with van der Waals surface area (Å²) in [5.74, 6) is 0.768. The first-order chi connectivity index (χ1) is 8.65. The van der Waals surface area contributed by atoms with Gasteiger partial charge in [0.2, 0.25) is 0 Å². The minimum absolute atomic E-state index is 0.296. The number of hydrogen-bond acceptors (Lipinski definition) is 3. The molecule has 3 nitrogen and oxygen atoms in total. The number of nitrogen functional groups attached to an aromatic ring is 1. The summed E-state index contributed by atoms with van der Waals surface area (Å²) < 4.78 is 0. The maximum Gasteiger partial charge on any atom is 0.149 e. The highest BCUT2D eigenvalue weighted by molar-refractivity contribution is 5.62. The Bertz CT molecular complexity index is 508. The van der Waals surface area contributed by atoms with Gasteiger partial charge >= 0.3 is 0 Å². The highest BCUT2D eigenvalue weighted by atomic mass is 15.0. The van der Waals surface area contributed by atoms with Crippen LogP contribution >= 0.6 is 0 Å². The summed E-state index contributed by atoms with van der Waals surface area (Å²) >= 11 is 0. The Hall–Kier alpha value is -2.03. The lowest BCUT2D eigenvalue weighted by Crippen LogP contribution is -2.19. The zero-order valence-corrected chi connectivity index (χ0v) is 10.9. The fourth-order valence-corrected chi connectivity index (χ4v) is 1.96. The quantitative estimate of drug-likeness (QED) is 0.865. The normalized spacial score (nSPS) is 12.1. The number of benzene rings is 1. The molecule has 0 bridgehead atoms. The van der Waals surface area contributed by atoms with Crippen LogP contribution in [0.1, 0.15) is 18.1 Å². The van der Waals surface area contributed by atoms with Gasteiger partial charge in [-0.25, -0.2) is 4.98 Å². The smallest absolute Gasteiger partial charge is 0.149 e. The summed E-state index contributed by atoms with van der Waals surface area (Å²) in [5.41, 5.74) is 9.03. The molecule has 0 aliphatic carbocycles. The average Bonchev–Trinajstić information content (AvgIpc) is 2.34. The van der Waals surface area contributed by atoms with Gasteiger partial charge < -0.3 is 11.1 Å². The molecule has 0 radical (unpaired) electrons. The van der Waals surface area contributed by atoms with E-state index in [1.165, 1.54) is 5.56 Å². The minimum atomic E-state index is 0.296.